The summed E-state index contributed by atoms with van der Waals surface area (Å²) in [5, 5.41) is 0. The van der Waals surface area contributed by atoms with Gasteiger partial charge in [0.2, 0.25) is 0 Å². The van der Waals surface area contributed by atoms with Crippen LogP contribution < -0.4 is 9.47 Å². The first-order chi connectivity index (χ1) is 11.6. The van der Waals surface area contributed by atoms with Gasteiger partial charge in [-0.2, -0.15) is 0 Å². The molecule has 2 atom stereocenters. The maximum atomic E-state index is 13.1. The van der Waals surface area contributed by atoms with Gasteiger partial charge in [0.1, 0.15) is 0 Å². The van der Waals surface area contributed by atoms with Gasteiger partial charge >= 0.3 is 0 Å². The maximum absolute atomic E-state index is 13.1. The molecule has 0 aliphatic carbocycles. The number of rotatable bonds is 5. The largest absolute Gasteiger partial charge is 0.490 e. The van der Waals surface area contributed by atoms with Crippen molar-refractivity contribution < 1.29 is 14.3 Å². The summed E-state index contributed by atoms with van der Waals surface area (Å²) in [4.78, 5) is 17.5. The molecule has 0 spiro atoms. The smallest absolute Gasteiger partial charge is 0.254 e. The molecule has 132 valence electrons. The van der Waals surface area contributed by atoms with E-state index in [1.54, 1.807) is 0 Å². The monoisotopic (exact) mass is 332 g/mol. The van der Waals surface area contributed by atoms with Crippen molar-refractivity contribution >= 4 is 5.91 Å². The summed E-state index contributed by atoms with van der Waals surface area (Å²) in [6.07, 6.45) is 2.34. The van der Waals surface area contributed by atoms with Crippen LogP contribution in [-0.4, -0.2) is 61.6 Å². The second kappa shape index (κ2) is 7.43. The van der Waals surface area contributed by atoms with Gasteiger partial charge in [-0.25, -0.2) is 0 Å². The lowest BCUT2D eigenvalue weighted by Gasteiger charge is -2.36. The molecule has 3 fully saturated rings. The molecule has 0 aromatic heterocycles. The van der Waals surface area contributed by atoms with Crippen LogP contribution in [0.5, 0.6) is 11.5 Å². The Morgan fingerprint density at radius 3 is 2.58 bits per heavy atom. The van der Waals surface area contributed by atoms with Crippen LogP contribution in [0.15, 0.2) is 18.2 Å². The highest BCUT2D eigenvalue weighted by molar-refractivity contribution is 5.95. The Bertz CT molecular complexity index is 590. The van der Waals surface area contributed by atoms with Gasteiger partial charge in [0, 0.05) is 31.2 Å². The Kier molecular flexibility index (Phi) is 5.29. The fourth-order valence-corrected chi connectivity index (χ4v) is 3.92. The molecule has 3 aliphatic rings. The number of nitrogens with zero attached hydrogens (tertiary/aromatic N) is 2. The average molecular weight is 332 g/mol. The molecular formula is C19H28N2O3. The normalized spacial score (nSPS) is 23.9. The molecule has 1 aromatic rings. The summed E-state index contributed by atoms with van der Waals surface area (Å²) >= 11 is 0. The van der Waals surface area contributed by atoms with Crippen LogP contribution in [-0.2, 0) is 0 Å². The summed E-state index contributed by atoms with van der Waals surface area (Å²) in [5.41, 5.74) is 0.692. The van der Waals surface area contributed by atoms with Crippen molar-refractivity contribution in [3.05, 3.63) is 23.8 Å². The van der Waals surface area contributed by atoms with Gasteiger partial charge in [-0.05, 0) is 57.9 Å². The van der Waals surface area contributed by atoms with E-state index < -0.39 is 0 Å². The Morgan fingerprint density at radius 2 is 1.83 bits per heavy atom. The van der Waals surface area contributed by atoms with Gasteiger partial charge in [-0.3, -0.25) is 4.79 Å². The van der Waals surface area contributed by atoms with E-state index >= 15 is 0 Å². The van der Waals surface area contributed by atoms with E-state index in [1.165, 1.54) is 6.42 Å². The Morgan fingerprint density at radius 1 is 1.08 bits per heavy atom. The van der Waals surface area contributed by atoms with Crippen molar-refractivity contribution in [1.82, 2.24) is 9.80 Å². The van der Waals surface area contributed by atoms with E-state index in [0.717, 1.165) is 26.1 Å². The lowest BCUT2D eigenvalue weighted by Crippen LogP contribution is -2.47. The molecule has 0 unspecified atom stereocenters. The van der Waals surface area contributed by atoms with Gasteiger partial charge < -0.3 is 19.3 Å². The van der Waals surface area contributed by atoms with Crippen LogP contribution in [0.3, 0.4) is 0 Å². The van der Waals surface area contributed by atoms with Crippen LogP contribution in [0.25, 0.3) is 0 Å². The summed E-state index contributed by atoms with van der Waals surface area (Å²) in [5.74, 6) is 2.06. The first-order valence-electron chi connectivity index (χ1n) is 9.01. The van der Waals surface area contributed by atoms with Gasteiger partial charge in [0.15, 0.2) is 11.5 Å². The molecule has 3 aliphatic heterocycles. The van der Waals surface area contributed by atoms with Crippen molar-refractivity contribution in [2.75, 3.05) is 39.9 Å². The molecule has 1 amide bonds. The summed E-state index contributed by atoms with van der Waals surface area (Å²) in [6.45, 7) is 7.94. The van der Waals surface area contributed by atoms with E-state index in [1.807, 2.05) is 32.0 Å². The molecule has 0 N–H and O–H groups in total. The molecule has 24 heavy (non-hydrogen) atoms. The highest BCUT2D eigenvalue weighted by Crippen LogP contribution is 2.32. The van der Waals surface area contributed by atoms with E-state index in [2.05, 4.69) is 16.8 Å². The maximum Gasteiger partial charge on any atom is 0.254 e. The number of hydrogen-bond acceptors (Lipinski definition) is 4. The summed E-state index contributed by atoms with van der Waals surface area (Å²) in [6, 6.07) is 5.87. The quantitative estimate of drug-likeness (QED) is 0.831. The predicted molar refractivity (Wildman–Crippen MR) is 93.8 cm³/mol. The first-order valence-corrected chi connectivity index (χ1v) is 9.01. The molecule has 1 aromatic carbocycles. The molecular weight excluding hydrogens is 304 g/mol. The molecule has 4 rings (SSSR count). The minimum Gasteiger partial charge on any atom is -0.490 e. The first kappa shape index (κ1) is 17.1. The van der Waals surface area contributed by atoms with Crippen LogP contribution >= 0.6 is 0 Å². The third-order valence-corrected chi connectivity index (χ3v) is 4.95. The second-order valence-corrected chi connectivity index (χ2v) is 6.80. The van der Waals surface area contributed by atoms with E-state index in [0.29, 0.717) is 42.2 Å². The van der Waals surface area contributed by atoms with Crippen molar-refractivity contribution in [3.8, 4) is 11.5 Å². The van der Waals surface area contributed by atoms with Crippen LogP contribution in [0.2, 0.25) is 0 Å². The SMILES string of the molecule is CCOc1ccc(C(=O)N2C[C@H]3CC[C@@H]2CN(C)C3)cc1OCC. The zero-order chi connectivity index (χ0) is 17.1. The summed E-state index contributed by atoms with van der Waals surface area (Å²) in [7, 11) is 2.16. The Labute approximate surface area is 144 Å². The topological polar surface area (TPSA) is 42.0 Å². The number of carbonyl (C=O) groups is 1. The van der Waals surface area contributed by atoms with E-state index in [4.69, 9.17) is 9.47 Å². The number of amides is 1. The fraction of sp³-hybridized carbons (Fsp3) is 0.632. The lowest BCUT2D eigenvalue weighted by molar-refractivity contribution is 0.0586. The number of ether oxygens (including phenoxy) is 2. The van der Waals surface area contributed by atoms with Crippen molar-refractivity contribution in [1.29, 1.82) is 0 Å². The zero-order valence-corrected chi connectivity index (χ0v) is 15.0. The second-order valence-electron chi connectivity index (χ2n) is 6.80. The molecule has 2 bridgehead atoms. The van der Waals surface area contributed by atoms with E-state index in [9.17, 15) is 4.79 Å². The number of likely N-dealkylation sites (N-methyl/N-ethyl adjacent to an activating group) is 1. The van der Waals surface area contributed by atoms with Gasteiger partial charge in [0.25, 0.3) is 5.91 Å². The third-order valence-electron chi connectivity index (χ3n) is 4.95. The zero-order valence-electron chi connectivity index (χ0n) is 15.0. The molecule has 3 saturated heterocycles. The highest BCUT2D eigenvalue weighted by atomic mass is 16.5. The number of benzene rings is 1. The van der Waals surface area contributed by atoms with E-state index in [-0.39, 0.29) is 5.91 Å². The van der Waals surface area contributed by atoms with Crippen molar-refractivity contribution in [3.63, 3.8) is 0 Å². The molecule has 0 radical (unpaired) electrons. The van der Waals surface area contributed by atoms with Gasteiger partial charge in [-0.15, -0.1) is 0 Å². The average Bonchev–Trinajstić information content (AvgIpc) is 2.85. The number of fused-ring (bicyclic) bond motifs is 4. The molecule has 5 nitrogen and oxygen atoms in total. The number of hydrogen-bond donors (Lipinski definition) is 0. The van der Waals surface area contributed by atoms with Crippen LogP contribution in [0.1, 0.15) is 37.0 Å². The van der Waals surface area contributed by atoms with Gasteiger partial charge in [0.05, 0.1) is 13.2 Å². The third kappa shape index (κ3) is 3.51. The standard InChI is InChI=1S/C19H28N2O3/c1-4-23-17-9-7-15(10-18(17)24-5-2)19(22)21-12-14-6-8-16(21)13-20(3)11-14/h7,9-10,14,16H,4-6,8,11-13H2,1-3H3/t14-,16+/m0/s1. The van der Waals surface area contributed by atoms with Crippen LogP contribution in [0, 0.1) is 5.92 Å². The van der Waals surface area contributed by atoms with Gasteiger partial charge in [-0.1, -0.05) is 0 Å². The molecule has 5 heteroatoms. The lowest BCUT2D eigenvalue weighted by atomic mass is 9.94. The number of piperidine rings is 1. The molecule has 3 heterocycles. The Balaban J connectivity index is 1.83. The highest BCUT2D eigenvalue weighted by Gasteiger charge is 2.36. The summed E-state index contributed by atoms with van der Waals surface area (Å²) < 4.78 is 11.3. The predicted octanol–water partition coefficient (Wildman–Crippen LogP) is 2.65. The van der Waals surface area contributed by atoms with Crippen molar-refractivity contribution in [2.45, 2.75) is 32.7 Å². The fourth-order valence-electron chi connectivity index (χ4n) is 3.92. The minimum absolute atomic E-state index is 0.115. The molecule has 0 saturated carbocycles. The van der Waals surface area contributed by atoms with Crippen molar-refractivity contribution in [2.24, 2.45) is 5.92 Å². The van der Waals surface area contributed by atoms with Crippen LogP contribution in [0.4, 0.5) is 0 Å². The Hall–Kier alpha value is -1.75. The number of carbonyl (C=O) groups excluding carboxylic acids is 1. The minimum atomic E-state index is 0.115.